The number of amides is 1. The number of rotatable bonds is 3. The average molecular weight is 249 g/mol. The largest absolute Gasteiger partial charge is 0.508 e. The highest BCUT2D eigenvalue weighted by molar-refractivity contribution is 5.94. The van der Waals surface area contributed by atoms with Crippen LogP contribution in [0.15, 0.2) is 18.2 Å². The first-order chi connectivity index (χ1) is 8.66. The van der Waals surface area contributed by atoms with E-state index in [0.29, 0.717) is 23.6 Å². The van der Waals surface area contributed by atoms with E-state index in [1.807, 2.05) is 0 Å². The van der Waals surface area contributed by atoms with E-state index >= 15 is 0 Å². The summed E-state index contributed by atoms with van der Waals surface area (Å²) >= 11 is 0. The van der Waals surface area contributed by atoms with Crippen LogP contribution in [-0.4, -0.2) is 30.8 Å². The molecule has 0 saturated carbocycles. The first-order valence-electron chi connectivity index (χ1n) is 6.32. The summed E-state index contributed by atoms with van der Waals surface area (Å²) in [6.07, 6.45) is 2.02. The lowest BCUT2D eigenvalue weighted by atomic mass is 10.0. The van der Waals surface area contributed by atoms with Crippen LogP contribution in [0.4, 0.5) is 0 Å². The van der Waals surface area contributed by atoms with Gasteiger partial charge in [0.1, 0.15) is 5.75 Å². The Morgan fingerprint density at radius 3 is 2.83 bits per heavy atom. The minimum Gasteiger partial charge on any atom is -0.508 e. The molecule has 1 amide bonds. The maximum atomic E-state index is 11.9. The molecule has 0 aliphatic carbocycles. The number of phenolic OH excluding ortho intramolecular Hbond substituents is 1. The molecule has 1 aliphatic rings. The van der Waals surface area contributed by atoms with Gasteiger partial charge in [0.2, 0.25) is 0 Å². The number of aromatic hydroxyl groups is 1. The van der Waals surface area contributed by atoms with Crippen LogP contribution in [0.5, 0.6) is 5.75 Å². The second-order valence-electron chi connectivity index (χ2n) is 4.77. The van der Waals surface area contributed by atoms with E-state index < -0.39 is 0 Å². The van der Waals surface area contributed by atoms with Crippen LogP contribution in [0.2, 0.25) is 0 Å². The molecule has 1 aliphatic heterocycles. The number of carbonyl (C=O) groups excluding carboxylic acids is 1. The third-order valence-electron chi connectivity index (χ3n) is 3.35. The van der Waals surface area contributed by atoms with Crippen molar-refractivity contribution in [1.82, 2.24) is 5.32 Å². The van der Waals surface area contributed by atoms with Gasteiger partial charge in [-0.15, -0.1) is 0 Å². The molecule has 0 radical (unpaired) electrons. The first kappa shape index (κ1) is 12.9. The van der Waals surface area contributed by atoms with Crippen molar-refractivity contribution in [3.05, 3.63) is 29.3 Å². The number of nitrogens with one attached hydrogen (secondary N) is 1. The van der Waals surface area contributed by atoms with E-state index in [0.717, 1.165) is 26.1 Å². The third-order valence-corrected chi connectivity index (χ3v) is 3.35. The van der Waals surface area contributed by atoms with E-state index in [1.165, 1.54) is 0 Å². The number of hydrogen-bond acceptors (Lipinski definition) is 3. The van der Waals surface area contributed by atoms with Crippen molar-refractivity contribution in [3.8, 4) is 5.75 Å². The molecule has 4 heteroatoms. The summed E-state index contributed by atoms with van der Waals surface area (Å²) in [6.45, 7) is 4.06. The molecular formula is C14H19NO3. The Labute approximate surface area is 107 Å². The highest BCUT2D eigenvalue weighted by Crippen LogP contribution is 2.17. The topological polar surface area (TPSA) is 58.6 Å². The minimum atomic E-state index is -0.0791. The molecule has 18 heavy (non-hydrogen) atoms. The van der Waals surface area contributed by atoms with E-state index in [2.05, 4.69) is 5.32 Å². The second kappa shape index (κ2) is 5.87. The Hall–Kier alpha value is -1.55. The fourth-order valence-electron chi connectivity index (χ4n) is 2.09. The lowest BCUT2D eigenvalue weighted by Gasteiger charge is -2.22. The van der Waals surface area contributed by atoms with Gasteiger partial charge in [-0.05, 0) is 49.4 Å². The number of phenols is 1. The first-order valence-corrected chi connectivity index (χ1v) is 6.32. The van der Waals surface area contributed by atoms with Gasteiger partial charge in [0.05, 0.1) is 0 Å². The highest BCUT2D eigenvalue weighted by Gasteiger charge is 2.15. The molecular weight excluding hydrogens is 230 g/mol. The van der Waals surface area contributed by atoms with Crippen LogP contribution in [0, 0.1) is 12.8 Å². The van der Waals surface area contributed by atoms with Crippen LogP contribution in [0.1, 0.15) is 28.8 Å². The van der Waals surface area contributed by atoms with Gasteiger partial charge in [-0.25, -0.2) is 0 Å². The zero-order chi connectivity index (χ0) is 13.0. The molecule has 2 rings (SSSR count). The zero-order valence-electron chi connectivity index (χ0n) is 10.6. The summed E-state index contributed by atoms with van der Waals surface area (Å²) in [5.41, 5.74) is 1.31. The molecule has 0 aromatic heterocycles. The van der Waals surface area contributed by atoms with Crippen molar-refractivity contribution in [2.75, 3.05) is 19.8 Å². The Morgan fingerprint density at radius 1 is 1.44 bits per heavy atom. The maximum absolute atomic E-state index is 11.9. The lowest BCUT2D eigenvalue weighted by molar-refractivity contribution is 0.0642. The van der Waals surface area contributed by atoms with Gasteiger partial charge in [0.15, 0.2) is 0 Å². The normalized spacial score (nSPS) is 16.5. The molecule has 4 nitrogen and oxygen atoms in total. The summed E-state index contributed by atoms with van der Waals surface area (Å²) in [5, 5.41) is 12.4. The van der Waals surface area contributed by atoms with Crippen LogP contribution in [-0.2, 0) is 4.74 Å². The molecule has 0 spiro atoms. The Kier molecular flexibility index (Phi) is 4.20. The van der Waals surface area contributed by atoms with E-state index in [4.69, 9.17) is 4.74 Å². The summed E-state index contributed by atoms with van der Waals surface area (Å²) in [4.78, 5) is 11.9. The van der Waals surface area contributed by atoms with Crippen molar-refractivity contribution in [2.45, 2.75) is 19.8 Å². The van der Waals surface area contributed by atoms with Gasteiger partial charge in [0, 0.05) is 25.3 Å². The number of benzene rings is 1. The van der Waals surface area contributed by atoms with Crippen LogP contribution in [0.25, 0.3) is 0 Å². The SMILES string of the molecule is Cc1cc(C(=O)NCC2CCOCC2)ccc1O. The minimum absolute atomic E-state index is 0.0791. The van der Waals surface area contributed by atoms with Crippen molar-refractivity contribution < 1.29 is 14.6 Å². The van der Waals surface area contributed by atoms with Gasteiger partial charge < -0.3 is 15.2 Å². The molecule has 1 saturated heterocycles. The molecule has 0 atom stereocenters. The predicted octanol–water partition coefficient (Wildman–Crippen LogP) is 1.86. The standard InChI is InChI=1S/C14H19NO3/c1-10-8-12(2-3-13(10)16)14(17)15-9-11-4-6-18-7-5-11/h2-3,8,11,16H,4-7,9H2,1H3,(H,15,17). The summed E-state index contributed by atoms with van der Waals surface area (Å²) in [5.74, 6) is 0.654. The summed E-state index contributed by atoms with van der Waals surface area (Å²) < 4.78 is 5.28. The highest BCUT2D eigenvalue weighted by atomic mass is 16.5. The third kappa shape index (κ3) is 3.23. The lowest BCUT2D eigenvalue weighted by Crippen LogP contribution is -2.32. The van der Waals surface area contributed by atoms with Gasteiger partial charge in [-0.2, -0.15) is 0 Å². The predicted molar refractivity (Wildman–Crippen MR) is 68.7 cm³/mol. The summed E-state index contributed by atoms with van der Waals surface area (Å²) in [7, 11) is 0. The van der Waals surface area contributed by atoms with Crippen molar-refractivity contribution in [1.29, 1.82) is 0 Å². The van der Waals surface area contributed by atoms with Gasteiger partial charge in [0.25, 0.3) is 5.91 Å². The van der Waals surface area contributed by atoms with Gasteiger partial charge >= 0.3 is 0 Å². The van der Waals surface area contributed by atoms with Crippen LogP contribution >= 0.6 is 0 Å². The Bertz CT molecular complexity index is 425. The number of ether oxygens (including phenoxy) is 1. The van der Waals surface area contributed by atoms with Gasteiger partial charge in [-0.1, -0.05) is 0 Å². The molecule has 0 bridgehead atoms. The van der Waals surface area contributed by atoms with Crippen molar-refractivity contribution in [2.24, 2.45) is 5.92 Å². The molecule has 1 fully saturated rings. The fraction of sp³-hybridized carbons (Fsp3) is 0.500. The van der Waals surface area contributed by atoms with E-state index in [-0.39, 0.29) is 11.7 Å². The average Bonchev–Trinajstić information content (AvgIpc) is 2.40. The summed E-state index contributed by atoms with van der Waals surface area (Å²) in [6, 6.07) is 4.90. The second-order valence-corrected chi connectivity index (χ2v) is 4.77. The Balaban J connectivity index is 1.88. The number of hydrogen-bond donors (Lipinski definition) is 2. The van der Waals surface area contributed by atoms with E-state index in [1.54, 1.807) is 25.1 Å². The van der Waals surface area contributed by atoms with Crippen LogP contribution < -0.4 is 5.32 Å². The molecule has 2 N–H and O–H groups in total. The number of carbonyl (C=O) groups is 1. The molecule has 0 unspecified atom stereocenters. The van der Waals surface area contributed by atoms with Gasteiger partial charge in [-0.3, -0.25) is 4.79 Å². The molecule has 1 aromatic carbocycles. The number of aryl methyl sites for hydroxylation is 1. The van der Waals surface area contributed by atoms with Crippen molar-refractivity contribution in [3.63, 3.8) is 0 Å². The quantitative estimate of drug-likeness (QED) is 0.859. The van der Waals surface area contributed by atoms with E-state index in [9.17, 15) is 9.90 Å². The zero-order valence-corrected chi connectivity index (χ0v) is 10.6. The Morgan fingerprint density at radius 2 is 2.17 bits per heavy atom. The van der Waals surface area contributed by atoms with Crippen LogP contribution in [0.3, 0.4) is 0 Å². The van der Waals surface area contributed by atoms with Crippen molar-refractivity contribution >= 4 is 5.91 Å². The fourth-order valence-corrected chi connectivity index (χ4v) is 2.09. The maximum Gasteiger partial charge on any atom is 0.251 e. The molecule has 98 valence electrons. The molecule has 1 aromatic rings. The molecule has 1 heterocycles. The smallest absolute Gasteiger partial charge is 0.251 e. The monoisotopic (exact) mass is 249 g/mol.